The summed E-state index contributed by atoms with van der Waals surface area (Å²) in [4.78, 5) is 25.8. The molecule has 22 heavy (non-hydrogen) atoms. The molecular formula is C17H20N2O3. The standard InChI is InChI=1S/C17H20N2O3/c1-10(20)19-7-6-11-8-12(2-4-15(11)19)17(21)18-14-9-13-3-5-16(14)22-13/h2,4,8,13-14,16H,3,5-7,9H2,1H3,(H,18,21)/t13-,14-,16+/m1/s1. The van der Waals surface area contributed by atoms with E-state index in [9.17, 15) is 9.59 Å². The maximum absolute atomic E-state index is 12.4. The molecule has 1 N–H and O–H groups in total. The summed E-state index contributed by atoms with van der Waals surface area (Å²) in [6.07, 6.45) is 4.44. The van der Waals surface area contributed by atoms with E-state index in [-0.39, 0.29) is 24.0 Å². The number of carbonyl (C=O) groups excluding carboxylic acids is 2. The topological polar surface area (TPSA) is 58.6 Å². The summed E-state index contributed by atoms with van der Waals surface area (Å²) in [6.45, 7) is 2.28. The van der Waals surface area contributed by atoms with Crippen LogP contribution in [0, 0.1) is 0 Å². The molecule has 5 heteroatoms. The molecule has 5 nitrogen and oxygen atoms in total. The summed E-state index contributed by atoms with van der Waals surface area (Å²) in [7, 11) is 0. The zero-order valence-corrected chi connectivity index (χ0v) is 12.7. The zero-order chi connectivity index (χ0) is 15.3. The Bertz CT molecular complexity index is 643. The molecule has 3 heterocycles. The first kappa shape index (κ1) is 13.8. The number of ether oxygens (including phenoxy) is 1. The lowest BCUT2D eigenvalue weighted by Crippen LogP contribution is -2.41. The SMILES string of the molecule is CC(=O)N1CCc2cc(C(=O)N[C@@H]3C[C@H]4CC[C@@H]3O4)ccc21. The minimum atomic E-state index is -0.0368. The average molecular weight is 300 g/mol. The highest BCUT2D eigenvalue weighted by atomic mass is 16.5. The van der Waals surface area contributed by atoms with Crippen molar-refractivity contribution in [1.29, 1.82) is 0 Å². The Labute approximate surface area is 129 Å². The molecule has 0 aromatic heterocycles. The predicted octanol–water partition coefficient (Wildman–Crippen LogP) is 1.65. The van der Waals surface area contributed by atoms with Gasteiger partial charge in [0.25, 0.3) is 5.91 Å². The predicted molar refractivity (Wildman–Crippen MR) is 81.9 cm³/mol. The molecule has 2 fully saturated rings. The minimum absolute atomic E-state index is 0.0368. The zero-order valence-electron chi connectivity index (χ0n) is 12.7. The first-order chi connectivity index (χ1) is 10.6. The molecule has 0 spiro atoms. The second-order valence-electron chi connectivity index (χ2n) is 6.45. The monoisotopic (exact) mass is 300 g/mol. The summed E-state index contributed by atoms with van der Waals surface area (Å²) in [6, 6.07) is 5.76. The first-order valence-electron chi connectivity index (χ1n) is 7.99. The molecule has 3 aliphatic heterocycles. The third-order valence-corrected chi connectivity index (χ3v) is 5.04. The van der Waals surface area contributed by atoms with Crippen LogP contribution in [0.1, 0.15) is 42.1 Å². The van der Waals surface area contributed by atoms with E-state index in [4.69, 9.17) is 4.74 Å². The molecule has 1 aromatic rings. The number of hydrogen-bond acceptors (Lipinski definition) is 3. The van der Waals surface area contributed by atoms with Crippen molar-refractivity contribution in [2.45, 2.75) is 50.9 Å². The van der Waals surface area contributed by atoms with Crippen molar-refractivity contribution in [3.63, 3.8) is 0 Å². The van der Waals surface area contributed by atoms with Gasteiger partial charge in [-0.25, -0.2) is 0 Å². The van der Waals surface area contributed by atoms with Gasteiger partial charge >= 0.3 is 0 Å². The Hall–Kier alpha value is -1.88. The van der Waals surface area contributed by atoms with Gasteiger partial charge in [0.15, 0.2) is 0 Å². The number of nitrogens with one attached hydrogen (secondary N) is 1. The van der Waals surface area contributed by atoms with Gasteiger partial charge in [0.1, 0.15) is 0 Å². The Morgan fingerprint density at radius 3 is 2.86 bits per heavy atom. The molecule has 0 radical (unpaired) electrons. The van der Waals surface area contributed by atoms with Crippen LogP contribution < -0.4 is 10.2 Å². The molecule has 3 atom stereocenters. The van der Waals surface area contributed by atoms with Crippen molar-refractivity contribution >= 4 is 17.5 Å². The molecule has 0 saturated carbocycles. The lowest BCUT2D eigenvalue weighted by Gasteiger charge is -2.20. The molecule has 2 amide bonds. The van der Waals surface area contributed by atoms with Crippen LogP contribution in [-0.4, -0.2) is 36.6 Å². The van der Waals surface area contributed by atoms with Crippen LogP contribution in [0.15, 0.2) is 18.2 Å². The Kier molecular flexibility index (Phi) is 3.18. The maximum atomic E-state index is 12.4. The number of nitrogens with zero attached hydrogens (tertiary/aromatic N) is 1. The highest BCUT2D eigenvalue weighted by Gasteiger charge is 2.41. The summed E-state index contributed by atoms with van der Waals surface area (Å²) in [5.74, 6) is 0.0142. The third kappa shape index (κ3) is 2.20. The van der Waals surface area contributed by atoms with Crippen LogP contribution in [0.4, 0.5) is 5.69 Å². The Balaban J connectivity index is 1.49. The molecule has 116 valence electrons. The minimum Gasteiger partial charge on any atom is -0.373 e. The molecule has 0 unspecified atom stereocenters. The summed E-state index contributed by atoms with van der Waals surface area (Å²) in [5, 5.41) is 3.11. The van der Waals surface area contributed by atoms with Crippen molar-refractivity contribution < 1.29 is 14.3 Å². The van der Waals surface area contributed by atoms with E-state index >= 15 is 0 Å². The van der Waals surface area contributed by atoms with Gasteiger partial charge < -0.3 is 15.0 Å². The molecule has 2 saturated heterocycles. The van der Waals surface area contributed by atoms with Gasteiger partial charge in [0.2, 0.25) is 5.91 Å². The number of anilines is 1. The fourth-order valence-electron chi connectivity index (χ4n) is 3.91. The van der Waals surface area contributed by atoms with Crippen LogP contribution in [0.5, 0.6) is 0 Å². The van der Waals surface area contributed by atoms with E-state index in [1.807, 2.05) is 18.2 Å². The van der Waals surface area contributed by atoms with Gasteiger partial charge in [0, 0.05) is 24.7 Å². The highest BCUT2D eigenvalue weighted by Crippen LogP contribution is 2.34. The van der Waals surface area contributed by atoms with Crippen LogP contribution >= 0.6 is 0 Å². The van der Waals surface area contributed by atoms with E-state index in [0.717, 1.165) is 36.9 Å². The molecule has 1 aromatic carbocycles. The van der Waals surface area contributed by atoms with Crippen LogP contribution in [0.2, 0.25) is 0 Å². The number of carbonyl (C=O) groups is 2. The Morgan fingerprint density at radius 1 is 1.32 bits per heavy atom. The van der Waals surface area contributed by atoms with Crippen molar-refractivity contribution in [3.05, 3.63) is 29.3 Å². The van der Waals surface area contributed by atoms with Crippen LogP contribution in [0.25, 0.3) is 0 Å². The quantitative estimate of drug-likeness (QED) is 0.903. The number of amides is 2. The lowest BCUT2D eigenvalue weighted by molar-refractivity contribution is -0.116. The van der Waals surface area contributed by atoms with E-state index in [1.54, 1.807) is 11.8 Å². The summed E-state index contributed by atoms with van der Waals surface area (Å²) in [5.41, 5.74) is 2.69. The Morgan fingerprint density at radius 2 is 2.18 bits per heavy atom. The molecule has 3 aliphatic rings. The van der Waals surface area contributed by atoms with Crippen molar-refractivity contribution in [2.75, 3.05) is 11.4 Å². The summed E-state index contributed by atoms with van der Waals surface area (Å²) >= 11 is 0. The second kappa shape index (κ2) is 5.09. The molecule has 2 bridgehead atoms. The van der Waals surface area contributed by atoms with Gasteiger partial charge in [-0.2, -0.15) is 0 Å². The van der Waals surface area contributed by atoms with Gasteiger partial charge in [-0.15, -0.1) is 0 Å². The summed E-state index contributed by atoms with van der Waals surface area (Å²) < 4.78 is 5.78. The maximum Gasteiger partial charge on any atom is 0.251 e. The largest absolute Gasteiger partial charge is 0.373 e. The van der Waals surface area contributed by atoms with Crippen LogP contribution in [0.3, 0.4) is 0 Å². The highest BCUT2D eigenvalue weighted by molar-refractivity contribution is 5.98. The van der Waals surface area contributed by atoms with E-state index in [0.29, 0.717) is 18.2 Å². The van der Waals surface area contributed by atoms with Crippen molar-refractivity contribution in [2.24, 2.45) is 0 Å². The average Bonchev–Trinajstić information content (AvgIpc) is 3.20. The van der Waals surface area contributed by atoms with Crippen molar-refractivity contribution in [3.8, 4) is 0 Å². The molecular weight excluding hydrogens is 280 g/mol. The van der Waals surface area contributed by atoms with E-state index < -0.39 is 0 Å². The molecule has 0 aliphatic carbocycles. The number of fused-ring (bicyclic) bond motifs is 3. The van der Waals surface area contributed by atoms with E-state index in [1.165, 1.54) is 0 Å². The fraction of sp³-hybridized carbons (Fsp3) is 0.529. The van der Waals surface area contributed by atoms with Crippen LogP contribution in [-0.2, 0) is 16.0 Å². The smallest absolute Gasteiger partial charge is 0.251 e. The molecule has 4 rings (SSSR count). The lowest BCUT2D eigenvalue weighted by atomic mass is 9.95. The van der Waals surface area contributed by atoms with Gasteiger partial charge in [-0.1, -0.05) is 0 Å². The fourth-order valence-corrected chi connectivity index (χ4v) is 3.91. The van der Waals surface area contributed by atoms with Gasteiger partial charge in [-0.3, -0.25) is 9.59 Å². The van der Waals surface area contributed by atoms with E-state index in [2.05, 4.69) is 5.32 Å². The number of hydrogen-bond donors (Lipinski definition) is 1. The second-order valence-corrected chi connectivity index (χ2v) is 6.45. The number of benzene rings is 1. The first-order valence-corrected chi connectivity index (χ1v) is 7.99. The van der Waals surface area contributed by atoms with Gasteiger partial charge in [-0.05, 0) is 49.4 Å². The normalized spacial score (nSPS) is 28.8. The third-order valence-electron chi connectivity index (χ3n) is 5.04. The number of rotatable bonds is 2. The van der Waals surface area contributed by atoms with Gasteiger partial charge in [0.05, 0.1) is 18.2 Å². The van der Waals surface area contributed by atoms with Crippen molar-refractivity contribution in [1.82, 2.24) is 5.32 Å².